The van der Waals surface area contributed by atoms with Crippen LogP contribution in [0.4, 0.5) is 0 Å². The molecule has 0 bridgehead atoms. The Labute approximate surface area is 100 Å². The van der Waals surface area contributed by atoms with Crippen molar-refractivity contribution < 1.29 is 0 Å². The van der Waals surface area contributed by atoms with Gasteiger partial charge in [-0.1, -0.05) is 39.1 Å². The second-order valence-electron chi connectivity index (χ2n) is 3.05. The second-order valence-corrected chi connectivity index (χ2v) is 4.71. The van der Waals surface area contributed by atoms with Crippen LogP contribution in [0, 0.1) is 6.92 Å². The highest BCUT2D eigenvalue weighted by molar-refractivity contribution is 9.10. The van der Waals surface area contributed by atoms with Crippen LogP contribution in [-0.4, -0.2) is 4.98 Å². The number of hydrogen-bond acceptors (Lipinski definition) is 1. The maximum atomic E-state index is 5.99. The summed E-state index contributed by atoms with van der Waals surface area (Å²) in [6, 6.07) is 5.79. The van der Waals surface area contributed by atoms with Gasteiger partial charge in [-0.15, -0.1) is 0 Å². The van der Waals surface area contributed by atoms with Crippen LogP contribution in [0.15, 0.2) is 22.7 Å². The number of nitrogens with zero attached hydrogens (tertiary/aromatic N) is 1. The molecule has 0 N–H and O–H groups in total. The molecule has 72 valence electrons. The fraction of sp³-hybridized carbons (Fsp3) is 0.100. The zero-order valence-electron chi connectivity index (χ0n) is 7.31. The summed E-state index contributed by atoms with van der Waals surface area (Å²) in [5.41, 5.74) is 1.13. The number of hydrogen-bond donors (Lipinski definition) is 0. The molecule has 4 heteroatoms. The first-order chi connectivity index (χ1) is 6.58. The number of halogens is 3. The van der Waals surface area contributed by atoms with Crippen molar-refractivity contribution in [2.45, 2.75) is 6.92 Å². The number of benzene rings is 1. The van der Waals surface area contributed by atoms with E-state index < -0.39 is 0 Å². The van der Waals surface area contributed by atoms with E-state index in [9.17, 15) is 0 Å². The normalized spacial score (nSPS) is 10.9. The molecule has 0 saturated heterocycles. The fourth-order valence-electron chi connectivity index (χ4n) is 1.42. The summed E-state index contributed by atoms with van der Waals surface area (Å²) >= 11 is 15.2. The van der Waals surface area contributed by atoms with E-state index in [1.165, 1.54) is 0 Å². The summed E-state index contributed by atoms with van der Waals surface area (Å²) in [6.07, 6.45) is 0. The summed E-state index contributed by atoms with van der Waals surface area (Å²) in [5.74, 6) is 0. The van der Waals surface area contributed by atoms with E-state index in [4.69, 9.17) is 23.2 Å². The number of aromatic nitrogens is 1. The summed E-state index contributed by atoms with van der Waals surface area (Å²) in [7, 11) is 0. The van der Waals surface area contributed by atoms with Gasteiger partial charge in [-0.2, -0.15) is 0 Å². The predicted molar refractivity (Wildman–Crippen MR) is 64.2 cm³/mol. The zero-order valence-corrected chi connectivity index (χ0v) is 10.4. The van der Waals surface area contributed by atoms with Crippen LogP contribution in [0.25, 0.3) is 10.8 Å². The van der Waals surface area contributed by atoms with E-state index in [1.54, 1.807) is 0 Å². The number of rotatable bonds is 0. The van der Waals surface area contributed by atoms with Crippen LogP contribution in [0.3, 0.4) is 0 Å². The van der Waals surface area contributed by atoms with Gasteiger partial charge in [0.15, 0.2) is 0 Å². The van der Waals surface area contributed by atoms with Gasteiger partial charge < -0.3 is 0 Å². The van der Waals surface area contributed by atoms with Crippen LogP contribution in [0.1, 0.15) is 5.56 Å². The molecule has 1 aromatic heterocycles. The van der Waals surface area contributed by atoms with Gasteiger partial charge in [0.05, 0.1) is 0 Å². The lowest BCUT2D eigenvalue weighted by atomic mass is 10.1. The van der Waals surface area contributed by atoms with Crippen molar-refractivity contribution >= 4 is 49.9 Å². The average molecular weight is 291 g/mol. The molecule has 0 fully saturated rings. The Morgan fingerprint density at radius 2 is 1.86 bits per heavy atom. The molecule has 0 aliphatic carbocycles. The Kier molecular flexibility index (Phi) is 2.69. The molecule has 0 radical (unpaired) electrons. The molecule has 2 aromatic rings. The zero-order chi connectivity index (χ0) is 10.3. The molecular weight excluding hydrogens is 285 g/mol. The SMILES string of the molecule is Cc1cc(Br)cc2c(Cl)nc(Cl)cc12. The lowest BCUT2D eigenvalue weighted by Gasteiger charge is -2.05. The first-order valence-corrected chi connectivity index (χ1v) is 5.55. The number of pyridine rings is 1. The molecule has 14 heavy (non-hydrogen) atoms. The maximum absolute atomic E-state index is 5.99. The molecule has 0 aliphatic rings. The third-order valence-corrected chi connectivity index (χ3v) is 2.98. The van der Waals surface area contributed by atoms with Gasteiger partial charge in [0.25, 0.3) is 0 Å². The standard InChI is InChI=1S/C10H6BrCl2N/c1-5-2-6(11)3-8-7(5)4-9(12)14-10(8)13/h2-4H,1H3. The van der Waals surface area contributed by atoms with Crippen molar-refractivity contribution in [2.24, 2.45) is 0 Å². The molecule has 1 aromatic carbocycles. The smallest absolute Gasteiger partial charge is 0.138 e. The fourth-order valence-corrected chi connectivity index (χ4v) is 2.48. The quantitative estimate of drug-likeness (QED) is 0.646. The second kappa shape index (κ2) is 3.69. The summed E-state index contributed by atoms with van der Waals surface area (Å²) in [4.78, 5) is 3.99. The Balaban J connectivity index is 2.94. The lowest BCUT2D eigenvalue weighted by Crippen LogP contribution is -1.84. The largest absolute Gasteiger partial charge is 0.224 e. The van der Waals surface area contributed by atoms with Crippen molar-refractivity contribution in [2.75, 3.05) is 0 Å². The van der Waals surface area contributed by atoms with E-state index in [1.807, 2.05) is 25.1 Å². The Hall–Kier alpha value is -0.310. The van der Waals surface area contributed by atoms with E-state index in [0.717, 1.165) is 20.8 Å². The van der Waals surface area contributed by atoms with Gasteiger partial charge in [0.2, 0.25) is 0 Å². The first kappa shape index (κ1) is 10.2. The van der Waals surface area contributed by atoms with Crippen molar-refractivity contribution in [1.82, 2.24) is 4.98 Å². The molecule has 0 spiro atoms. The molecular formula is C10H6BrCl2N. The minimum absolute atomic E-state index is 0.424. The summed E-state index contributed by atoms with van der Waals surface area (Å²) in [6.45, 7) is 2.01. The molecule has 0 atom stereocenters. The summed E-state index contributed by atoms with van der Waals surface area (Å²) < 4.78 is 0.994. The van der Waals surface area contributed by atoms with Gasteiger partial charge in [-0.3, -0.25) is 0 Å². The molecule has 0 aliphatic heterocycles. The van der Waals surface area contributed by atoms with Crippen LogP contribution >= 0.6 is 39.1 Å². The Morgan fingerprint density at radius 3 is 2.57 bits per heavy atom. The first-order valence-electron chi connectivity index (χ1n) is 4.00. The van der Waals surface area contributed by atoms with Crippen LogP contribution < -0.4 is 0 Å². The van der Waals surface area contributed by atoms with Crippen molar-refractivity contribution in [3.63, 3.8) is 0 Å². The van der Waals surface area contributed by atoms with Gasteiger partial charge >= 0.3 is 0 Å². The number of fused-ring (bicyclic) bond motifs is 1. The summed E-state index contributed by atoms with van der Waals surface area (Å²) in [5, 5.41) is 2.82. The Bertz CT molecular complexity index is 464. The highest BCUT2D eigenvalue weighted by Crippen LogP contribution is 2.30. The lowest BCUT2D eigenvalue weighted by molar-refractivity contribution is 1.35. The van der Waals surface area contributed by atoms with E-state index >= 15 is 0 Å². The molecule has 1 heterocycles. The van der Waals surface area contributed by atoms with Crippen LogP contribution in [0.5, 0.6) is 0 Å². The molecule has 0 amide bonds. The molecule has 2 rings (SSSR count). The van der Waals surface area contributed by atoms with Crippen LogP contribution in [-0.2, 0) is 0 Å². The number of aryl methyl sites for hydroxylation is 1. The van der Waals surface area contributed by atoms with Gasteiger partial charge in [-0.25, -0.2) is 4.98 Å². The highest BCUT2D eigenvalue weighted by Gasteiger charge is 2.06. The van der Waals surface area contributed by atoms with Crippen molar-refractivity contribution in [3.05, 3.63) is 38.5 Å². The predicted octanol–water partition coefficient (Wildman–Crippen LogP) is 4.61. The van der Waals surface area contributed by atoms with Gasteiger partial charge in [0.1, 0.15) is 10.3 Å². The minimum atomic E-state index is 0.424. The Morgan fingerprint density at radius 1 is 1.14 bits per heavy atom. The minimum Gasteiger partial charge on any atom is -0.224 e. The van der Waals surface area contributed by atoms with Gasteiger partial charge in [0, 0.05) is 9.86 Å². The molecule has 0 saturated carbocycles. The van der Waals surface area contributed by atoms with E-state index in [0.29, 0.717) is 10.3 Å². The third kappa shape index (κ3) is 1.74. The maximum Gasteiger partial charge on any atom is 0.138 e. The molecule has 1 nitrogen and oxygen atoms in total. The van der Waals surface area contributed by atoms with Crippen LogP contribution in [0.2, 0.25) is 10.3 Å². The molecule has 0 unspecified atom stereocenters. The average Bonchev–Trinajstić information content (AvgIpc) is 2.07. The van der Waals surface area contributed by atoms with Crippen molar-refractivity contribution in [3.8, 4) is 0 Å². The van der Waals surface area contributed by atoms with Gasteiger partial charge in [-0.05, 0) is 36.1 Å². The third-order valence-electron chi connectivity index (χ3n) is 2.04. The van der Waals surface area contributed by atoms with E-state index in [2.05, 4.69) is 20.9 Å². The van der Waals surface area contributed by atoms with Crippen molar-refractivity contribution in [1.29, 1.82) is 0 Å². The highest BCUT2D eigenvalue weighted by atomic mass is 79.9. The monoisotopic (exact) mass is 289 g/mol. The topological polar surface area (TPSA) is 12.9 Å². The van der Waals surface area contributed by atoms with E-state index in [-0.39, 0.29) is 0 Å².